The number of carbonyl (C=O) groups excluding carboxylic acids is 1. The molecule has 0 bridgehead atoms. The molecule has 21 heavy (non-hydrogen) atoms. The highest BCUT2D eigenvalue weighted by molar-refractivity contribution is 7.99. The zero-order valence-corrected chi connectivity index (χ0v) is 13.1. The molecule has 0 amide bonds. The van der Waals surface area contributed by atoms with Gasteiger partial charge in [-0.2, -0.15) is 11.8 Å². The number of nitrogens with zero attached hydrogens (tertiary/aromatic N) is 1. The van der Waals surface area contributed by atoms with Gasteiger partial charge in [-0.15, -0.1) is 0 Å². The van der Waals surface area contributed by atoms with Crippen molar-refractivity contribution in [2.75, 3.05) is 5.75 Å². The second kappa shape index (κ2) is 6.07. The maximum absolute atomic E-state index is 12.1. The van der Waals surface area contributed by atoms with Gasteiger partial charge in [-0.3, -0.25) is 9.59 Å². The molecule has 0 saturated carbocycles. The minimum absolute atomic E-state index is 0.0394. The Hall–Kier alpha value is -1.53. The first-order valence-electron chi connectivity index (χ1n) is 6.56. The number of rotatable bonds is 4. The van der Waals surface area contributed by atoms with E-state index in [1.807, 2.05) is 31.2 Å². The van der Waals surface area contributed by atoms with Gasteiger partial charge in [0.15, 0.2) is 10.9 Å². The standard InChI is InChI=1S/C15H14N2O2S2/c1-9-2-4-10(5-3-9)13(18)8-21-15-16-12-7-20-6-11(12)14(19)17-15/h2-5H,6-8H2,1H3,(H,16,17,19). The van der Waals surface area contributed by atoms with Crippen LogP contribution in [0.5, 0.6) is 0 Å². The first-order valence-corrected chi connectivity index (χ1v) is 8.70. The number of aromatic nitrogens is 2. The van der Waals surface area contributed by atoms with E-state index in [2.05, 4.69) is 9.97 Å². The molecule has 0 atom stereocenters. The van der Waals surface area contributed by atoms with Gasteiger partial charge < -0.3 is 4.98 Å². The molecule has 0 radical (unpaired) electrons. The summed E-state index contributed by atoms with van der Waals surface area (Å²) in [5, 5.41) is 0.529. The van der Waals surface area contributed by atoms with Crippen molar-refractivity contribution in [3.05, 3.63) is 57.0 Å². The van der Waals surface area contributed by atoms with Crippen molar-refractivity contribution in [2.45, 2.75) is 23.6 Å². The van der Waals surface area contributed by atoms with Crippen molar-refractivity contribution >= 4 is 29.3 Å². The van der Waals surface area contributed by atoms with Gasteiger partial charge in [0.25, 0.3) is 5.56 Å². The normalized spacial score (nSPS) is 13.2. The summed E-state index contributed by atoms with van der Waals surface area (Å²) in [4.78, 5) is 31.2. The summed E-state index contributed by atoms with van der Waals surface area (Å²) >= 11 is 2.97. The molecule has 1 N–H and O–H groups in total. The van der Waals surface area contributed by atoms with E-state index in [0.717, 1.165) is 28.3 Å². The van der Waals surface area contributed by atoms with Crippen LogP contribution in [0.1, 0.15) is 27.2 Å². The van der Waals surface area contributed by atoms with Crippen LogP contribution in [0.2, 0.25) is 0 Å². The number of aromatic amines is 1. The first-order chi connectivity index (χ1) is 10.1. The number of thioether (sulfide) groups is 2. The van der Waals surface area contributed by atoms with Crippen molar-refractivity contribution in [1.82, 2.24) is 9.97 Å². The van der Waals surface area contributed by atoms with Crippen molar-refractivity contribution in [3.8, 4) is 0 Å². The monoisotopic (exact) mass is 318 g/mol. The minimum atomic E-state index is -0.0738. The quantitative estimate of drug-likeness (QED) is 0.533. The molecule has 3 rings (SSSR count). The van der Waals surface area contributed by atoms with Crippen LogP contribution in [0.25, 0.3) is 0 Å². The molecule has 0 fully saturated rings. The number of ketones is 1. The van der Waals surface area contributed by atoms with Crippen molar-refractivity contribution in [2.24, 2.45) is 0 Å². The third-order valence-electron chi connectivity index (χ3n) is 3.28. The number of hydrogen-bond acceptors (Lipinski definition) is 5. The second-order valence-corrected chi connectivity index (χ2v) is 6.82. The van der Waals surface area contributed by atoms with E-state index < -0.39 is 0 Å². The molecule has 0 spiro atoms. The maximum Gasteiger partial charge on any atom is 0.255 e. The molecule has 1 aliphatic heterocycles. The fourth-order valence-corrected chi connectivity index (χ4v) is 3.87. The Morgan fingerprint density at radius 3 is 2.86 bits per heavy atom. The molecular formula is C15H14N2O2S2. The van der Waals surface area contributed by atoms with Gasteiger partial charge in [-0.25, -0.2) is 4.98 Å². The predicted molar refractivity (Wildman–Crippen MR) is 86.1 cm³/mol. The molecule has 4 nitrogen and oxygen atoms in total. The summed E-state index contributed by atoms with van der Waals surface area (Å²) in [6.07, 6.45) is 0. The van der Waals surface area contributed by atoms with E-state index in [-0.39, 0.29) is 17.1 Å². The Morgan fingerprint density at radius 2 is 2.10 bits per heavy atom. The SMILES string of the molecule is Cc1ccc(C(=O)CSc2nc3c(c(=O)[nH]2)CSC3)cc1. The molecule has 0 saturated heterocycles. The van der Waals surface area contributed by atoms with Gasteiger partial charge in [0.1, 0.15) is 0 Å². The van der Waals surface area contributed by atoms with Crippen LogP contribution < -0.4 is 5.56 Å². The van der Waals surface area contributed by atoms with Crippen LogP contribution in [0.4, 0.5) is 0 Å². The highest BCUT2D eigenvalue weighted by Crippen LogP contribution is 2.26. The summed E-state index contributed by atoms with van der Waals surface area (Å²) in [7, 11) is 0. The van der Waals surface area contributed by atoms with E-state index in [0.29, 0.717) is 10.7 Å². The van der Waals surface area contributed by atoms with Crippen LogP contribution in [-0.2, 0) is 11.5 Å². The summed E-state index contributed by atoms with van der Waals surface area (Å²) in [5.74, 6) is 1.82. The van der Waals surface area contributed by atoms with Crippen LogP contribution in [0, 0.1) is 6.92 Å². The largest absolute Gasteiger partial charge is 0.301 e. The van der Waals surface area contributed by atoms with E-state index in [1.54, 1.807) is 11.8 Å². The zero-order chi connectivity index (χ0) is 14.8. The molecule has 1 aromatic carbocycles. The van der Waals surface area contributed by atoms with Gasteiger partial charge in [-0.1, -0.05) is 41.6 Å². The Bertz CT molecular complexity index is 738. The Morgan fingerprint density at radius 1 is 1.33 bits per heavy atom. The van der Waals surface area contributed by atoms with Gasteiger partial charge in [0.05, 0.1) is 11.4 Å². The zero-order valence-electron chi connectivity index (χ0n) is 11.5. The average molecular weight is 318 g/mol. The molecule has 1 aliphatic rings. The van der Waals surface area contributed by atoms with Crippen molar-refractivity contribution in [1.29, 1.82) is 0 Å². The fourth-order valence-electron chi connectivity index (χ4n) is 2.06. The number of nitrogens with one attached hydrogen (secondary N) is 1. The number of hydrogen-bond donors (Lipinski definition) is 1. The maximum atomic E-state index is 12.1. The third kappa shape index (κ3) is 3.22. The van der Waals surface area contributed by atoms with Gasteiger partial charge in [0, 0.05) is 22.6 Å². The van der Waals surface area contributed by atoms with Crippen LogP contribution >= 0.6 is 23.5 Å². The molecule has 108 valence electrons. The predicted octanol–water partition coefficient (Wildman–Crippen LogP) is 2.80. The molecule has 2 aromatic rings. The number of H-pyrrole nitrogens is 1. The highest BCUT2D eigenvalue weighted by atomic mass is 32.2. The lowest BCUT2D eigenvalue weighted by Gasteiger charge is -2.03. The summed E-state index contributed by atoms with van der Waals surface area (Å²) in [6.45, 7) is 1.99. The Balaban J connectivity index is 1.70. The molecular weight excluding hydrogens is 304 g/mol. The van der Waals surface area contributed by atoms with Crippen LogP contribution in [0.3, 0.4) is 0 Å². The highest BCUT2D eigenvalue weighted by Gasteiger charge is 2.18. The van der Waals surface area contributed by atoms with Crippen LogP contribution in [0.15, 0.2) is 34.2 Å². The van der Waals surface area contributed by atoms with Crippen molar-refractivity contribution < 1.29 is 4.79 Å². The van der Waals surface area contributed by atoms with Crippen molar-refractivity contribution in [3.63, 3.8) is 0 Å². The fraction of sp³-hybridized carbons (Fsp3) is 0.267. The van der Waals surface area contributed by atoms with E-state index in [1.165, 1.54) is 11.8 Å². The number of Topliss-reactive ketones (excluding diaryl/α,β-unsaturated/α-hetero) is 1. The lowest BCUT2D eigenvalue weighted by Crippen LogP contribution is -2.15. The van der Waals surface area contributed by atoms with Gasteiger partial charge in [0.2, 0.25) is 0 Å². The van der Waals surface area contributed by atoms with Gasteiger partial charge >= 0.3 is 0 Å². The summed E-state index contributed by atoms with van der Waals surface area (Å²) in [6, 6.07) is 7.50. The van der Waals surface area contributed by atoms with Crippen LogP contribution in [-0.4, -0.2) is 21.5 Å². The molecule has 0 unspecified atom stereocenters. The number of fused-ring (bicyclic) bond motifs is 1. The molecule has 0 aliphatic carbocycles. The molecule has 2 heterocycles. The average Bonchev–Trinajstić information content (AvgIpc) is 2.94. The topological polar surface area (TPSA) is 62.8 Å². The molecule has 1 aromatic heterocycles. The second-order valence-electron chi connectivity index (χ2n) is 4.87. The first kappa shape index (κ1) is 14.4. The smallest absolute Gasteiger partial charge is 0.255 e. The Labute approximate surface area is 130 Å². The third-order valence-corrected chi connectivity index (χ3v) is 5.12. The Kier molecular flexibility index (Phi) is 4.17. The lowest BCUT2D eigenvalue weighted by atomic mass is 10.1. The lowest BCUT2D eigenvalue weighted by molar-refractivity contribution is 0.102. The van der Waals surface area contributed by atoms with Gasteiger partial charge in [-0.05, 0) is 6.92 Å². The van der Waals surface area contributed by atoms with E-state index in [4.69, 9.17) is 0 Å². The number of aryl methyl sites for hydroxylation is 1. The summed E-state index contributed by atoms with van der Waals surface area (Å²) in [5.41, 5.74) is 3.37. The van der Waals surface area contributed by atoms with E-state index in [9.17, 15) is 9.59 Å². The number of benzene rings is 1. The summed E-state index contributed by atoms with van der Waals surface area (Å²) < 4.78 is 0. The minimum Gasteiger partial charge on any atom is -0.301 e. The van der Waals surface area contributed by atoms with E-state index >= 15 is 0 Å². The molecule has 6 heteroatoms. The number of carbonyl (C=O) groups is 1.